The predicted octanol–water partition coefficient (Wildman–Crippen LogP) is 1.75. The number of nitrogens with one attached hydrogen (secondary N) is 1. The van der Waals surface area contributed by atoms with Gasteiger partial charge in [0.15, 0.2) is 0 Å². The minimum absolute atomic E-state index is 0.332. The molecule has 0 aliphatic carbocycles. The van der Waals surface area contributed by atoms with Crippen LogP contribution in [0.15, 0.2) is 11.6 Å². The molecule has 1 aliphatic rings. The van der Waals surface area contributed by atoms with Gasteiger partial charge in [-0.25, -0.2) is 4.98 Å². The topological polar surface area (TPSA) is 50.9 Å². The largest absolute Gasteiger partial charge is 0.271 e. The standard InChI is InChI=1S/C10H17N3S3/c1-7-10(16-5-4-14-7)8(13-11)6-9-12-2-3-15-9/h2-3,7-8,10,13H,4-6,11H2,1H3. The molecule has 16 heavy (non-hydrogen) atoms. The minimum Gasteiger partial charge on any atom is -0.271 e. The number of nitrogens with two attached hydrogens (primary N) is 1. The summed E-state index contributed by atoms with van der Waals surface area (Å²) in [4.78, 5) is 4.33. The van der Waals surface area contributed by atoms with Crippen LogP contribution in [0.3, 0.4) is 0 Å². The highest BCUT2D eigenvalue weighted by atomic mass is 32.2. The zero-order chi connectivity index (χ0) is 11.4. The Kier molecular flexibility index (Phi) is 4.97. The van der Waals surface area contributed by atoms with E-state index in [0.717, 1.165) is 6.42 Å². The molecule has 0 amide bonds. The van der Waals surface area contributed by atoms with Gasteiger partial charge >= 0.3 is 0 Å². The molecule has 0 radical (unpaired) electrons. The molecule has 0 bridgehead atoms. The fraction of sp³-hybridized carbons (Fsp3) is 0.700. The second-order valence-corrected chi connectivity index (χ2v) is 7.56. The van der Waals surface area contributed by atoms with Gasteiger partial charge in [-0.2, -0.15) is 23.5 Å². The molecule has 1 fully saturated rings. The van der Waals surface area contributed by atoms with Crippen LogP contribution in [-0.4, -0.2) is 33.0 Å². The summed E-state index contributed by atoms with van der Waals surface area (Å²) in [5.41, 5.74) is 2.97. The smallest absolute Gasteiger partial charge is 0.0941 e. The monoisotopic (exact) mass is 275 g/mol. The molecule has 1 aromatic rings. The van der Waals surface area contributed by atoms with E-state index in [1.807, 2.05) is 35.1 Å². The number of rotatable bonds is 4. The van der Waals surface area contributed by atoms with Gasteiger partial charge in [-0.3, -0.25) is 11.3 Å². The summed E-state index contributed by atoms with van der Waals surface area (Å²) < 4.78 is 0. The van der Waals surface area contributed by atoms with Gasteiger partial charge in [0.1, 0.15) is 0 Å². The van der Waals surface area contributed by atoms with Gasteiger partial charge in [0.2, 0.25) is 0 Å². The average Bonchev–Trinajstić information content (AvgIpc) is 2.80. The van der Waals surface area contributed by atoms with Gasteiger partial charge in [-0.05, 0) is 0 Å². The van der Waals surface area contributed by atoms with Crippen molar-refractivity contribution in [3.05, 3.63) is 16.6 Å². The normalized spacial score (nSPS) is 27.9. The molecule has 0 saturated carbocycles. The van der Waals surface area contributed by atoms with E-state index in [0.29, 0.717) is 16.5 Å². The fourth-order valence-corrected chi connectivity index (χ4v) is 5.52. The maximum absolute atomic E-state index is 5.69. The Morgan fingerprint density at radius 2 is 2.38 bits per heavy atom. The first kappa shape index (κ1) is 12.7. The van der Waals surface area contributed by atoms with Gasteiger partial charge in [-0.15, -0.1) is 11.3 Å². The van der Waals surface area contributed by atoms with Crippen LogP contribution in [0, 0.1) is 0 Å². The Morgan fingerprint density at radius 1 is 1.56 bits per heavy atom. The third kappa shape index (κ3) is 3.13. The summed E-state index contributed by atoms with van der Waals surface area (Å²) >= 11 is 5.80. The van der Waals surface area contributed by atoms with E-state index in [2.05, 4.69) is 17.3 Å². The highest BCUT2D eigenvalue weighted by Gasteiger charge is 2.30. The fourth-order valence-electron chi connectivity index (χ4n) is 1.90. The van der Waals surface area contributed by atoms with Gasteiger partial charge < -0.3 is 0 Å². The number of hydrogen-bond donors (Lipinski definition) is 2. The molecule has 90 valence electrons. The molecule has 1 saturated heterocycles. The summed E-state index contributed by atoms with van der Waals surface area (Å²) in [6.45, 7) is 2.30. The molecular formula is C10H17N3S3. The highest BCUT2D eigenvalue weighted by Crippen LogP contribution is 2.33. The molecule has 1 aliphatic heterocycles. The van der Waals surface area contributed by atoms with Crippen molar-refractivity contribution < 1.29 is 0 Å². The van der Waals surface area contributed by atoms with Crippen molar-refractivity contribution in [2.45, 2.75) is 29.9 Å². The van der Waals surface area contributed by atoms with Crippen LogP contribution < -0.4 is 11.3 Å². The van der Waals surface area contributed by atoms with Gasteiger partial charge in [0.05, 0.1) is 5.01 Å². The molecule has 1 aromatic heterocycles. The maximum Gasteiger partial charge on any atom is 0.0941 e. The number of hydrogen-bond acceptors (Lipinski definition) is 6. The van der Waals surface area contributed by atoms with Crippen LogP contribution in [0.4, 0.5) is 0 Å². The SMILES string of the molecule is CC1SCCSC1C(Cc1nccs1)NN. The van der Waals surface area contributed by atoms with Crippen LogP contribution in [0.2, 0.25) is 0 Å². The molecule has 6 heteroatoms. The summed E-state index contributed by atoms with van der Waals surface area (Å²) in [5, 5.41) is 4.45. The Bertz CT molecular complexity index is 304. The quantitative estimate of drug-likeness (QED) is 0.648. The molecule has 2 heterocycles. The lowest BCUT2D eigenvalue weighted by Crippen LogP contribution is -2.48. The Hall–Kier alpha value is 0.250. The third-order valence-corrected chi connectivity index (χ3v) is 6.78. The molecule has 3 nitrogen and oxygen atoms in total. The summed E-state index contributed by atoms with van der Waals surface area (Å²) in [6.07, 6.45) is 2.80. The molecule has 3 unspecified atom stereocenters. The zero-order valence-electron chi connectivity index (χ0n) is 9.26. The summed E-state index contributed by atoms with van der Waals surface area (Å²) in [5.74, 6) is 8.18. The molecule has 0 spiro atoms. The van der Waals surface area contributed by atoms with Gasteiger partial charge in [0, 0.05) is 46.0 Å². The number of nitrogens with zero attached hydrogens (tertiary/aromatic N) is 1. The summed E-state index contributed by atoms with van der Waals surface area (Å²) in [6, 6.07) is 0.332. The predicted molar refractivity (Wildman–Crippen MR) is 75.1 cm³/mol. The first-order valence-corrected chi connectivity index (χ1v) is 8.36. The van der Waals surface area contributed by atoms with Crippen LogP contribution in [0.5, 0.6) is 0 Å². The van der Waals surface area contributed by atoms with Crippen molar-refractivity contribution in [2.75, 3.05) is 11.5 Å². The van der Waals surface area contributed by atoms with Crippen molar-refractivity contribution in [3.8, 4) is 0 Å². The molecular weight excluding hydrogens is 258 g/mol. The first-order chi connectivity index (χ1) is 7.81. The second-order valence-electron chi connectivity index (χ2n) is 3.81. The van der Waals surface area contributed by atoms with Crippen molar-refractivity contribution in [2.24, 2.45) is 5.84 Å². The van der Waals surface area contributed by atoms with Crippen LogP contribution in [-0.2, 0) is 6.42 Å². The molecule has 2 rings (SSSR count). The van der Waals surface area contributed by atoms with E-state index in [-0.39, 0.29) is 0 Å². The van der Waals surface area contributed by atoms with Gasteiger partial charge in [-0.1, -0.05) is 6.92 Å². The maximum atomic E-state index is 5.69. The van der Waals surface area contributed by atoms with E-state index in [4.69, 9.17) is 5.84 Å². The number of thioether (sulfide) groups is 2. The molecule has 3 atom stereocenters. The van der Waals surface area contributed by atoms with Crippen molar-refractivity contribution in [1.29, 1.82) is 0 Å². The highest BCUT2D eigenvalue weighted by molar-refractivity contribution is 8.07. The second kappa shape index (κ2) is 6.26. The number of aromatic nitrogens is 1. The van der Waals surface area contributed by atoms with Crippen LogP contribution >= 0.6 is 34.9 Å². The lowest BCUT2D eigenvalue weighted by molar-refractivity contribution is 0.500. The van der Waals surface area contributed by atoms with E-state index in [9.17, 15) is 0 Å². The van der Waals surface area contributed by atoms with Crippen molar-refractivity contribution >= 4 is 34.9 Å². The van der Waals surface area contributed by atoms with Crippen LogP contribution in [0.25, 0.3) is 0 Å². The Balaban J connectivity index is 1.98. The summed E-state index contributed by atoms with van der Waals surface area (Å²) in [7, 11) is 0. The molecule has 0 aromatic carbocycles. The Morgan fingerprint density at radius 3 is 3.00 bits per heavy atom. The van der Waals surface area contributed by atoms with E-state index in [1.165, 1.54) is 16.5 Å². The lowest BCUT2D eigenvalue weighted by Gasteiger charge is -2.33. The zero-order valence-corrected chi connectivity index (χ0v) is 11.7. The number of hydrazine groups is 1. The average molecular weight is 275 g/mol. The third-order valence-electron chi connectivity index (χ3n) is 2.73. The van der Waals surface area contributed by atoms with Gasteiger partial charge in [0.25, 0.3) is 0 Å². The molecule has 3 N–H and O–H groups in total. The van der Waals surface area contributed by atoms with E-state index >= 15 is 0 Å². The van der Waals surface area contributed by atoms with Crippen molar-refractivity contribution in [3.63, 3.8) is 0 Å². The number of thiazole rings is 1. The van der Waals surface area contributed by atoms with E-state index in [1.54, 1.807) is 11.3 Å². The van der Waals surface area contributed by atoms with Crippen LogP contribution in [0.1, 0.15) is 11.9 Å². The van der Waals surface area contributed by atoms with E-state index < -0.39 is 0 Å². The van der Waals surface area contributed by atoms with Crippen molar-refractivity contribution in [1.82, 2.24) is 10.4 Å². The Labute approximate surface area is 109 Å². The lowest BCUT2D eigenvalue weighted by atomic mass is 10.1. The first-order valence-electron chi connectivity index (χ1n) is 5.39. The minimum atomic E-state index is 0.332.